The van der Waals surface area contributed by atoms with Gasteiger partial charge >= 0.3 is 0 Å². The summed E-state index contributed by atoms with van der Waals surface area (Å²) in [7, 11) is 0. The first-order chi connectivity index (χ1) is 14.7. The molecule has 5 heteroatoms. The highest BCUT2D eigenvalue weighted by Crippen LogP contribution is 2.24. The lowest BCUT2D eigenvalue weighted by molar-refractivity contribution is 0.618. The van der Waals surface area contributed by atoms with Crippen LogP contribution in [0.1, 0.15) is 5.56 Å². The van der Waals surface area contributed by atoms with Gasteiger partial charge in [-0.25, -0.2) is 4.98 Å². The molecule has 2 heterocycles. The zero-order valence-electron chi connectivity index (χ0n) is 16.3. The average molecular weight is 412 g/mol. The maximum absolute atomic E-state index is 6.17. The molecule has 5 rings (SSSR count). The standard InChI is InChI=1S/C25H18ClN3O/c1-16-6-12-20-22(28-29-25-13-9-17-4-2-3-5-21(17)27-25)15-23(30-24(20)14-16)18-7-10-19(26)11-8-18/h2-15H,1H3,(H,27,29). The third-order valence-electron chi connectivity index (χ3n) is 4.92. The highest BCUT2D eigenvalue weighted by atomic mass is 35.5. The Bertz CT molecular complexity index is 1440. The van der Waals surface area contributed by atoms with E-state index in [0.29, 0.717) is 10.8 Å². The Hall–Kier alpha value is -3.63. The van der Waals surface area contributed by atoms with E-state index in [1.165, 1.54) is 0 Å². The lowest BCUT2D eigenvalue weighted by atomic mass is 10.1. The molecule has 0 atom stereocenters. The highest BCUT2D eigenvalue weighted by molar-refractivity contribution is 6.30. The van der Waals surface area contributed by atoms with E-state index < -0.39 is 0 Å². The van der Waals surface area contributed by atoms with Crippen LogP contribution >= 0.6 is 11.6 Å². The van der Waals surface area contributed by atoms with E-state index in [2.05, 4.69) is 15.5 Å². The summed E-state index contributed by atoms with van der Waals surface area (Å²) in [6, 6.07) is 27.5. The summed E-state index contributed by atoms with van der Waals surface area (Å²) in [6.07, 6.45) is 0. The van der Waals surface area contributed by atoms with Gasteiger partial charge in [-0.3, -0.25) is 5.43 Å². The van der Waals surface area contributed by atoms with E-state index in [-0.39, 0.29) is 0 Å². The number of fused-ring (bicyclic) bond motifs is 2. The van der Waals surface area contributed by atoms with Crippen LogP contribution in [0.3, 0.4) is 0 Å². The summed E-state index contributed by atoms with van der Waals surface area (Å²) in [5, 5.41) is 8.12. The largest absolute Gasteiger partial charge is 0.456 e. The van der Waals surface area contributed by atoms with Gasteiger partial charge < -0.3 is 4.42 Å². The number of hydrogen-bond donors (Lipinski definition) is 1. The van der Waals surface area contributed by atoms with Gasteiger partial charge in [-0.2, -0.15) is 5.10 Å². The van der Waals surface area contributed by atoms with Crippen molar-refractivity contribution >= 4 is 39.3 Å². The van der Waals surface area contributed by atoms with E-state index in [4.69, 9.17) is 16.0 Å². The van der Waals surface area contributed by atoms with Gasteiger partial charge in [-0.15, -0.1) is 0 Å². The first kappa shape index (κ1) is 18.4. The minimum absolute atomic E-state index is 0.683. The SMILES string of the molecule is Cc1ccc2c(=NNc3ccc4ccccc4n3)cc(-c3ccc(Cl)cc3)oc2c1. The molecular weight excluding hydrogens is 394 g/mol. The van der Waals surface area contributed by atoms with Crippen molar-refractivity contribution in [3.05, 3.63) is 101 Å². The summed E-state index contributed by atoms with van der Waals surface area (Å²) in [5.41, 5.74) is 6.84. The number of nitrogens with one attached hydrogen (secondary N) is 1. The first-order valence-corrected chi connectivity index (χ1v) is 9.99. The van der Waals surface area contributed by atoms with Gasteiger partial charge in [0.25, 0.3) is 0 Å². The molecule has 0 saturated heterocycles. The fourth-order valence-corrected chi connectivity index (χ4v) is 3.50. The third kappa shape index (κ3) is 3.65. The van der Waals surface area contributed by atoms with Crippen molar-refractivity contribution in [2.45, 2.75) is 6.92 Å². The van der Waals surface area contributed by atoms with Crippen LogP contribution in [-0.4, -0.2) is 4.98 Å². The van der Waals surface area contributed by atoms with Crippen LogP contribution in [0.2, 0.25) is 5.02 Å². The highest BCUT2D eigenvalue weighted by Gasteiger charge is 2.07. The number of benzene rings is 3. The zero-order valence-corrected chi connectivity index (χ0v) is 17.0. The number of pyridine rings is 1. The topological polar surface area (TPSA) is 50.4 Å². The second-order valence-electron chi connectivity index (χ2n) is 7.12. The zero-order chi connectivity index (χ0) is 20.5. The molecular formula is C25H18ClN3O. The average Bonchev–Trinajstić information content (AvgIpc) is 2.77. The number of para-hydroxylation sites is 1. The molecule has 5 aromatic rings. The third-order valence-corrected chi connectivity index (χ3v) is 5.17. The molecule has 0 saturated carbocycles. The van der Waals surface area contributed by atoms with Crippen molar-refractivity contribution in [1.29, 1.82) is 0 Å². The van der Waals surface area contributed by atoms with Gasteiger partial charge in [0.05, 0.1) is 10.9 Å². The van der Waals surface area contributed by atoms with Crippen molar-refractivity contribution < 1.29 is 4.42 Å². The predicted octanol–water partition coefficient (Wildman–Crippen LogP) is 6.54. The smallest absolute Gasteiger partial charge is 0.146 e. The molecule has 0 radical (unpaired) electrons. The first-order valence-electron chi connectivity index (χ1n) is 9.62. The van der Waals surface area contributed by atoms with E-state index in [1.807, 2.05) is 91.9 Å². The molecule has 0 amide bonds. The fourth-order valence-electron chi connectivity index (χ4n) is 3.37. The maximum Gasteiger partial charge on any atom is 0.146 e. The number of nitrogens with zero attached hydrogens (tertiary/aromatic N) is 2. The molecule has 146 valence electrons. The molecule has 0 aliphatic heterocycles. The van der Waals surface area contributed by atoms with E-state index >= 15 is 0 Å². The van der Waals surface area contributed by atoms with Crippen LogP contribution in [0, 0.1) is 6.92 Å². The normalized spacial score (nSPS) is 11.9. The molecule has 30 heavy (non-hydrogen) atoms. The molecule has 2 aromatic heterocycles. The van der Waals surface area contributed by atoms with Crippen molar-refractivity contribution in [2.75, 3.05) is 5.43 Å². The molecule has 0 unspecified atom stereocenters. The van der Waals surface area contributed by atoms with E-state index in [9.17, 15) is 0 Å². The van der Waals surface area contributed by atoms with E-state index in [0.717, 1.165) is 44.1 Å². The Morgan fingerprint density at radius 3 is 2.60 bits per heavy atom. The fraction of sp³-hybridized carbons (Fsp3) is 0.0400. The minimum Gasteiger partial charge on any atom is -0.456 e. The Morgan fingerprint density at radius 1 is 0.900 bits per heavy atom. The molecule has 0 bridgehead atoms. The maximum atomic E-state index is 6.17. The molecule has 0 aliphatic carbocycles. The Morgan fingerprint density at radius 2 is 1.73 bits per heavy atom. The van der Waals surface area contributed by atoms with Crippen LogP contribution in [0.15, 0.2) is 94.4 Å². The van der Waals surface area contributed by atoms with Crippen molar-refractivity contribution in [3.8, 4) is 11.3 Å². The van der Waals surface area contributed by atoms with Gasteiger partial charge in [-0.1, -0.05) is 35.9 Å². The number of halogens is 1. The van der Waals surface area contributed by atoms with Crippen LogP contribution in [0.25, 0.3) is 33.2 Å². The van der Waals surface area contributed by atoms with Gasteiger partial charge in [0.15, 0.2) is 0 Å². The molecule has 3 aromatic carbocycles. The minimum atomic E-state index is 0.683. The number of aromatic nitrogens is 1. The van der Waals surface area contributed by atoms with Crippen LogP contribution < -0.4 is 10.8 Å². The predicted molar refractivity (Wildman–Crippen MR) is 122 cm³/mol. The second kappa shape index (κ2) is 7.65. The number of rotatable bonds is 3. The van der Waals surface area contributed by atoms with Gasteiger partial charge in [-0.05, 0) is 67.1 Å². The number of aryl methyl sites for hydroxylation is 1. The Kier molecular flexibility index (Phi) is 4.69. The van der Waals surface area contributed by atoms with Crippen molar-refractivity contribution in [1.82, 2.24) is 4.98 Å². The van der Waals surface area contributed by atoms with Crippen LogP contribution in [0.5, 0.6) is 0 Å². The van der Waals surface area contributed by atoms with Crippen molar-refractivity contribution in [2.24, 2.45) is 5.10 Å². The Balaban J connectivity index is 1.63. The monoisotopic (exact) mass is 411 g/mol. The van der Waals surface area contributed by atoms with Crippen molar-refractivity contribution in [3.63, 3.8) is 0 Å². The second-order valence-corrected chi connectivity index (χ2v) is 7.55. The van der Waals surface area contributed by atoms with E-state index in [1.54, 1.807) is 0 Å². The summed E-state index contributed by atoms with van der Waals surface area (Å²) < 4.78 is 6.17. The molecule has 1 N–H and O–H groups in total. The van der Waals surface area contributed by atoms with Gasteiger partial charge in [0, 0.05) is 27.4 Å². The quantitative estimate of drug-likeness (QED) is 0.343. The Labute approximate surface area is 178 Å². The number of hydrogen-bond acceptors (Lipinski definition) is 4. The summed E-state index contributed by atoms with van der Waals surface area (Å²) in [4.78, 5) is 4.63. The lowest BCUT2D eigenvalue weighted by Gasteiger charge is -2.07. The number of anilines is 1. The summed E-state index contributed by atoms with van der Waals surface area (Å²) in [5.74, 6) is 1.40. The van der Waals surface area contributed by atoms with Crippen LogP contribution in [-0.2, 0) is 0 Å². The molecule has 0 aliphatic rings. The molecule has 0 spiro atoms. The molecule has 4 nitrogen and oxygen atoms in total. The summed E-state index contributed by atoms with van der Waals surface area (Å²) in [6.45, 7) is 2.04. The van der Waals surface area contributed by atoms with Crippen LogP contribution in [0.4, 0.5) is 5.82 Å². The lowest BCUT2D eigenvalue weighted by Crippen LogP contribution is -2.08. The van der Waals surface area contributed by atoms with Gasteiger partial charge in [0.1, 0.15) is 17.2 Å². The van der Waals surface area contributed by atoms with Gasteiger partial charge in [0.2, 0.25) is 0 Å². The summed E-state index contributed by atoms with van der Waals surface area (Å²) >= 11 is 6.04. The molecule has 0 fully saturated rings.